The highest BCUT2D eigenvalue weighted by Gasteiger charge is 2.48. The topological polar surface area (TPSA) is 32.3 Å². The van der Waals surface area contributed by atoms with Crippen molar-refractivity contribution in [2.45, 2.75) is 24.9 Å². The van der Waals surface area contributed by atoms with Crippen LogP contribution in [-0.4, -0.2) is 5.11 Å². The second-order valence-corrected chi connectivity index (χ2v) is 3.78. The molecule has 1 fully saturated rings. The maximum absolute atomic E-state index is 9.26. The molecule has 0 aromatic heterocycles. The molecule has 0 amide bonds. The number of aromatic hydroxyl groups is 1. The second-order valence-electron chi connectivity index (χ2n) is 3.78. The Labute approximate surface area is 71.2 Å². The number of benzene rings is 1. The van der Waals surface area contributed by atoms with Gasteiger partial charge < -0.3 is 10.4 Å². The average Bonchev–Trinajstić information content (AvgIpc) is 2.73. The molecule has 12 heavy (non-hydrogen) atoms. The van der Waals surface area contributed by atoms with Crippen LogP contribution in [0.15, 0.2) is 18.2 Å². The van der Waals surface area contributed by atoms with Gasteiger partial charge in [-0.05, 0) is 36.1 Å². The van der Waals surface area contributed by atoms with Gasteiger partial charge in [0.15, 0.2) is 0 Å². The monoisotopic (exact) mass is 161 g/mol. The molecule has 1 saturated carbocycles. The molecule has 2 aliphatic rings. The Kier molecular flexibility index (Phi) is 0.989. The smallest absolute Gasteiger partial charge is 0.115 e. The zero-order valence-electron chi connectivity index (χ0n) is 6.80. The highest BCUT2D eigenvalue weighted by Crippen LogP contribution is 2.50. The SMILES string of the molecule is Oc1ccc2c(c1)CNC21CC1. The lowest BCUT2D eigenvalue weighted by Crippen LogP contribution is -2.19. The fraction of sp³-hybridized carbons (Fsp3) is 0.400. The van der Waals surface area contributed by atoms with Crippen LogP contribution in [0.5, 0.6) is 5.75 Å². The first-order valence-corrected chi connectivity index (χ1v) is 4.38. The van der Waals surface area contributed by atoms with Crippen molar-refractivity contribution in [3.63, 3.8) is 0 Å². The molecule has 62 valence electrons. The van der Waals surface area contributed by atoms with Gasteiger partial charge in [0, 0.05) is 12.1 Å². The number of fused-ring (bicyclic) bond motifs is 2. The summed E-state index contributed by atoms with van der Waals surface area (Å²) in [6, 6.07) is 5.71. The van der Waals surface area contributed by atoms with Gasteiger partial charge in [0.2, 0.25) is 0 Å². The molecule has 3 rings (SSSR count). The minimum atomic E-state index is 0.309. The average molecular weight is 161 g/mol. The van der Waals surface area contributed by atoms with E-state index in [2.05, 4.69) is 11.4 Å². The minimum absolute atomic E-state index is 0.309. The fourth-order valence-corrected chi connectivity index (χ4v) is 2.12. The van der Waals surface area contributed by atoms with Gasteiger partial charge in [0.1, 0.15) is 5.75 Å². The summed E-state index contributed by atoms with van der Waals surface area (Å²) in [5.74, 6) is 0.383. The third-order valence-electron chi connectivity index (χ3n) is 2.97. The summed E-state index contributed by atoms with van der Waals surface area (Å²) in [6.07, 6.45) is 2.51. The Hall–Kier alpha value is -1.02. The van der Waals surface area contributed by atoms with Gasteiger partial charge in [-0.15, -0.1) is 0 Å². The number of hydrogen-bond donors (Lipinski definition) is 2. The molecule has 2 N–H and O–H groups in total. The van der Waals surface area contributed by atoms with Crippen molar-refractivity contribution in [2.24, 2.45) is 0 Å². The van der Waals surface area contributed by atoms with E-state index in [0.29, 0.717) is 11.3 Å². The van der Waals surface area contributed by atoms with Crippen molar-refractivity contribution < 1.29 is 5.11 Å². The Morgan fingerprint density at radius 2 is 2.17 bits per heavy atom. The van der Waals surface area contributed by atoms with E-state index in [9.17, 15) is 5.11 Å². The first-order chi connectivity index (χ1) is 5.80. The van der Waals surface area contributed by atoms with Gasteiger partial charge in [-0.25, -0.2) is 0 Å². The predicted octanol–water partition coefficient (Wildman–Crippen LogP) is 1.48. The van der Waals surface area contributed by atoms with Gasteiger partial charge in [-0.2, -0.15) is 0 Å². The van der Waals surface area contributed by atoms with Crippen LogP contribution in [0, 0.1) is 0 Å². The highest BCUT2D eigenvalue weighted by atomic mass is 16.3. The van der Waals surface area contributed by atoms with E-state index in [1.54, 1.807) is 6.07 Å². The van der Waals surface area contributed by atoms with E-state index >= 15 is 0 Å². The molecule has 2 heteroatoms. The van der Waals surface area contributed by atoms with Crippen LogP contribution in [-0.2, 0) is 12.1 Å². The van der Waals surface area contributed by atoms with Crippen molar-refractivity contribution in [2.75, 3.05) is 0 Å². The van der Waals surface area contributed by atoms with Crippen molar-refractivity contribution in [3.05, 3.63) is 29.3 Å². The van der Waals surface area contributed by atoms with Crippen LogP contribution in [0.25, 0.3) is 0 Å². The fourth-order valence-electron chi connectivity index (χ4n) is 2.12. The van der Waals surface area contributed by atoms with E-state index in [-0.39, 0.29) is 0 Å². The van der Waals surface area contributed by atoms with Gasteiger partial charge >= 0.3 is 0 Å². The Balaban J connectivity index is 2.18. The summed E-state index contributed by atoms with van der Waals surface area (Å²) < 4.78 is 0. The minimum Gasteiger partial charge on any atom is -0.508 e. The van der Waals surface area contributed by atoms with Crippen molar-refractivity contribution in [1.82, 2.24) is 5.32 Å². The molecule has 0 atom stereocenters. The van der Waals surface area contributed by atoms with E-state index in [4.69, 9.17) is 0 Å². The third kappa shape index (κ3) is 0.681. The van der Waals surface area contributed by atoms with Gasteiger partial charge in [0.25, 0.3) is 0 Å². The van der Waals surface area contributed by atoms with Crippen LogP contribution < -0.4 is 5.32 Å². The summed E-state index contributed by atoms with van der Waals surface area (Å²) in [5, 5.41) is 12.7. The Bertz CT molecular complexity index is 342. The zero-order valence-corrected chi connectivity index (χ0v) is 6.80. The molecule has 0 unspecified atom stereocenters. The molecule has 1 aliphatic heterocycles. The van der Waals surface area contributed by atoms with Gasteiger partial charge in [-0.3, -0.25) is 0 Å². The summed E-state index contributed by atoms with van der Waals surface area (Å²) in [4.78, 5) is 0. The number of nitrogens with one attached hydrogen (secondary N) is 1. The van der Waals surface area contributed by atoms with Crippen molar-refractivity contribution in [1.29, 1.82) is 0 Å². The number of hydrogen-bond acceptors (Lipinski definition) is 2. The first kappa shape index (κ1) is 6.49. The zero-order chi connectivity index (χ0) is 8.18. The van der Waals surface area contributed by atoms with Crippen LogP contribution >= 0.6 is 0 Å². The lowest BCUT2D eigenvalue weighted by atomic mass is 10.0. The summed E-state index contributed by atoms with van der Waals surface area (Å²) in [6.45, 7) is 0.920. The molecular weight excluding hydrogens is 150 g/mol. The molecule has 1 aromatic carbocycles. The second kappa shape index (κ2) is 1.83. The molecule has 1 aliphatic carbocycles. The standard InChI is InChI=1S/C10H11NO/c12-8-1-2-9-7(5-8)6-11-10(9)3-4-10/h1-2,5,11-12H,3-4,6H2. The molecule has 0 saturated heterocycles. The molecule has 2 nitrogen and oxygen atoms in total. The number of phenols is 1. The lowest BCUT2D eigenvalue weighted by Gasteiger charge is -2.07. The molecule has 1 heterocycles. The lowest BCUT2D eigenvalue weighted by molar-refractivity contribution is 0.474. The Morgan fingerprint density at radius 3 is 2.92 bits per heavy atom. The normalized spacial score (nSPS) is 22.7. The van der Waals surface area contributed by atoms with Crippen molar-refractivity contribution in [3.8, 4) is 5.75 Å². The predicted molar refractivity (Wildman–Crippen MR) is 45.9 cm³/mol. The van der Waals surface area contributed by atoms with Crippen LogP contribution in [0.3, 0.4) is 0 Å². The van der Waals surface area contributed by atoms with Gasteiger partial charge in [-0.1, -0.05) is 6.07 Å². The van der Waals surface area contributed by atoms with Crippen molar-refractivity contribution >= 4 is 0 Å². The van der Waals surface area contributed by atoms with Gasteiger partial charge in [0.05, 0.1) is 0 Å². The van der Waals surface area contributed by atoms with Crippen LogP contribution in [0.2, 0.25) is 0 Å². The number of phenolic OH excluding ortho intramolecular Hbond substituents is 1. The number of rotatable bonds is 0. The van der Waals surface area contributed by atoms with E-state index < -0.39 is 0 Å². The highest BCUT2D eigenvalue weighted by molar-refractivity contribution is 5.45. The van der Waals surface area contributed by atoms with E-state index in [1.165, 1.54) is 24.0 Å². The maximum atomic E-state index is 9.26. The molecule has 0 bridgehead atoms. The quantitative estimate of drug-likeness (QED) is 0.604. The van der Waals surface area contributed by atoms with Crippen LogP contribution in [0.4, 0.5) is 0 Å². The van der Waals surface area contributed by atoms with Crippen LogP contribution in [0.1, 0.15) is 24.0 Å². The third-order valence-corrected chi connectivity index (χ3v) is 2.97. The molecule has 1 spiro atoms. The van der Waals surface area contributed by atoms with E-state index in [0.717, 1.165) is 6.54 Å². The summed E-state index contributed by atoms with van der Waals surface area (Å²) >= 11 is 0. The molecule has 1 aromatic rings. The summed E-state index contributed by atoms with van der Waals surface area (Å²) in [5.41, 5.74) is 2.98. The maximum Gasteiger partial charge on any atom is 0.115 e. The first-order valence-electron chi connectivity index (χ1n) is 4.38. The van der Waals surface area contributed by atoms with E-state index in [1.807, 2.05) is 6.07 Å². The molecular formula is C10H11NO. The largest absolute Gasteiger partial charge is 0.508 e. The summed E-state index contributed by atoms with van der Waals surface area (Å²) in [7, 11) is 0. The Morgan fingerprint density at radius 1 is 1.33 bits per heavy atom. The molecule has 0 radical (unpaired) electrons.